The van der Waals surface area contributed by atoms with Crippen molar-refractivity contribution in [3.8, 4) is 0 Å². The van der Waals surface area contributed by atoms with Crippen molar-refractivity contribution in [1.82, 2.24) is 10.6 Å². The van der Waals surface area contributed by atoms with E-state index >= 15 is 0 Å². The smallest absolute Gasteiger partial charge is 0.328 e. The molecule has 2 N–H and O–H groups in total. The van der Waals surface area contributed by atoms with Crippen LogP contribution in [-0.4, -0.2) is 56.0 Å². The third-order valence-electron chi connectivity index (χ3n) is 4.64. The van der Waals surface area contributed by atoms with Gasteiger partial charge in [-0.25, -0.2) is 4.79 Å². The minimum Gasteiger partial charge on any atom is -0.465 e. The molecule has 0 aromatic carbocycles. The van der Waals surface area contributed by atoms with Crippen LogP contribution in [0.1, 0.15) is 73.1 Å². The van der Waals surface area contributed by atoms with Gasteiger partial charge in [0.15, 0.2) is 5.78 Å². The molecule has 8 nitrogen and oxygen atoms in total. The molecule has 0 spiro atoms. The lowest BCUT2D eigenvalue weighted by atomic mass is 10.0. The van der Waals surface area contributed by atoms with Crippen LogP contribution in [0.4, 0.5) is 0 Å². The maximum absolute atomic E-state index is 12.3. The minimum atomic E-state index is -0.746. The van der Waals surface area contributed by atoms with Crippen molar-refractivity contribution in [3.05, 3.63) is 12.2 Å². The minimum absolute atomic E-state index is 0.190. The largest absolute Gasteiger partial charge is 0.465 e. The molecule has 1 amide bonds. The lowest BCUT2D eigenvalue weighted by molar-refractivity contribution is -0.148. The number of ketones is 1. The maximum Gasteiger partial charge on any atom is 0.328 e. The quantitative estimate of drug-likeness (QED) is 0.197. The van der Waals surface area contributed by atoms with Crippen molar-refractivity contribution in [2.75, 3.05) is 20.3 Å². The van der Waals surface area contributed by atoms with Gasteiger partial charge < -0.3 is 20.1 Å². The number of hydrogen-bond donors (Lipinski definition) is 2. The summed E-state index contributed by atoms with van der Waals surface area (Å²) in [5.74, 6) is -0.822. The first-order chi connectivity index (χ1) is 15.1. The van der Waals surface area contributed by atoms with Gasteiger partial charge in [-0.05, 0) is 70.4 Å². The molecule has 8 heteroatoms. The number of amides is 1. The van der Waals surface area contributed by atoms with E-state index in [1.807, 2.05) is 13.8 Å². The zero-order valence-electron chi connectivity index (χ0n) is 20.6. The van der Waals surface area contributed by atoms with E-state index in [1.54, 1.807) is 7.05 Å². The number of carbonyl (C=O) groups excluding carboxylic acids is 4. The SMILES string of the molecule is CNC(CC(C)C)C(=O)OCCCCCCOC(=O)C(CC(C)C)NC(=O)/C=C/C(C)=O. The van der Waals surface area contributed by atoms with Crippen molar-refractivity contribution < 1.29 is 28.7 Å². The van der Waals surface area contributed by atoms with Gasteiger partial charge >= 0.3 is 11.9 Å². The van der Waals surface area contributed by atoms with Crippen LogP contribution in [0.2, 0.25) is 0 Å². The summed E-state index contributed by atoms with van der Waals surface area (Å²) >= 11 is 0. The van der Waals surface area contributed by atoms with Crippen molar-refractivity contribution in [2.24, 2.45) is 11.8 Å². The molecule has 0 aliphatic heterocycles. The summed E-state index contributed by atoms with van der Waals surface area (Å²) < 4.78 is 10.6. The van der Waals surface area contributed by atoms with E-state index in [4.69, 9.17) is 9.47 Å². The van der Waals surface area contributed by atoms with E-state index in [2.05, 4.69) is 24.5 Å². The van der Waals surface area contributed by atoms with Crippen LogP contribution in [0.3, 0.4) is 0 Å². The van der Waals surface area contributed by atoms with Gasteiger partial charge in [-0.15, -0.1) is 0 Å². The Balaban J connectivity index is 4.15. The fraction of sp³-hybridized carbons (Fsp3) is 0.750. The maximum atomic E-state index is 12.3. The molecule has 0 aromatic heterocycles. The number of likely N-dealkylation sites (N-methyl/N-ethyl adjacent to an activating group) is 1. The van der Waals surface area contributed by atoms with Gasteiger partial charge in [-0.2, -0.15) is 0 Å². The lowest BCUT2D eigenvalue weighted by Crippen LogP contribution is -2.42. The van der Waals surface area contributed by atoms with Crippen LogP contribution in [0, 0.1) is 11.8 Å². The Kier molecular flexibility index (Phi) is 16.1. The van der Waals surface area contributed by atoms with Crippen LogP contribution in [0.25, 0.3) is 0 Å². The molecule has 184 valence electrons. The highest BCUT2D eigenvalue weighted by Gasteiger charge is 2.22. The second-order valence-corrected chi connectivity index (χ2v) is 8.85. The van der Waals surface area contributed by atoms with Crippen LogP contribution in [0.15, 0.2) is 12.2 Å². The highest BCUT2D eigenvalue weighted by molar-refractivity contribution is 5.98. The first kappa shape index (κ1) is 29.8. The first-order valence-electron chi connectivity index (χ1n) is 11.6. The lowest BCUT2D eigenvalue weighted by Gasteiger charge is -2.18. The van der Waals surface area contributed by atoms with Crippen LogP contribution in [-0.2, 0) is 28.7 Å². The Hall–Kier alpha value is -2.22. The molecule has 0 saturated heterocycles. The highest BCUT2D eigenvalue weighted by atomic mass is 16.5. The predicted octanol–water partition coefficient (Wildman–Crippen LogP) is 2.94. The third kappa shape index (κ3) is 15.6. The fourth-order valence-electron chi connectivity index (χ4n) is 3.01. The Morgan fingerprint density at radius 2 is 1.22 bits per heavy atom. The van der Waals surface area contributed by atoms with Gasteiger partial charge in [0.2, 0.25) is 5.91 Å². The molecule has 0 aromatic rings. The normalized spacial score (nSPS) is 13.2. The monoisotopic (exact) mass is 454 g/mol. The Morgan fingerprint density at radius 3 is 1.66 bits per heavy atom. The second kappa shape index (κ2) is 17.3. The molecule has 0 fully saturated rings. The summed E-state index contributed by atoms with van der Waals surface area (Å²) in [7, 11) is 1.76. The van der Waals surface area contributed by atoms with Gasteiger partial charge in [0, 0.05) is 6.08 Å². The Morgan fingerprint density at radius 1 is 0.750 bits per heavy atom. The van der Waals surface area contributed by atoms with E-state index in [0.717, 1.165) is 37.8 Å². The predicted molar refractivity (Wildman–Crippen MR) is 124 cm³/mol. The summed E-state index contributed by atoms with van der Waals surface area (Å²) in [6, 6.07) is -1.02. The topological polar surface area (TPSA) is 111 Å². The summed E-state index contributed by atoms with van der Waals surface area (Å²) in [6.45, 7) is 10.0. The number of rotatable bonds is 17. The Bertz CT molecular complexity index is 616. The fourth-order valence-corrected chi connectivity index (χ4v) is 3.01. The summed E-state index contributed by atoms with van der Waals surface area (Å²) in [5, 5.41) is 5.59. The molecule has 0 heterocycles. The molecule has 0 aliphatic carbocycles. The molecule has 0 rings (SSSR count). The summed E-state index contributed by atoms with van der Waals surface area (Å²) in [6.07, 6.45) is 6.63. The average Bonchev–Trinajstić information content (AvgIpc) is 2.70. The number of carbonyl (C=O) groups is 4. The first-order valence-corrected chi connectivity index (χ1v) is 11.6. The number of nitrogens with one attached hydrogen (secondary N) is 2. The highest BCUT2D eigenvalue weighted by Crippen LogP contribution is 2.09. The van der Waals surface area contributed by atoms with Gasteiger partial charge in [0.1, 0.15) is 12.1 Å². The molecular formula is C24H42N2O6. The number of ether oxygens (including phenoxy) is 2. The molecule has 2 atom stereocenters. The average molecular weight is 455 g/mol. The van der Waals surface area contributed by atoms with Crippen LogP contribution in [0.5, 0.6) is 0 Å². The van der Waals surface area contributed by atoms with Crippen molar-refractivity contribution in [3.63, 3.8) is 0 Å². The summed E-state index contributed by atoms with van der Waals surface area (Å²) in [4.78, 5) is 47.2. The van der Waals surface area contributed by atoms with E-state index in [-0.39, 0.29) is 30.3 Å². The Labute approximate surface area is 192 Å². The van der Waals surface area contributed by atoms with Gasteiger partial charge in [-0.3, -0.25) is 14.4 Å². The molecular weight excluding hydrogens is 412 g/mol. The van der Waals surface area contributed by atoms with Crippen molar-refractivity contribution >= 4 is 23.6 Å². The van der Waals surface area contributed by atoms with Crippen LogP contribution < -0.4 is 10.6 Å². The van der Waals surface area contributed by atoms with E-state index in [0.29, 0.717) is 25.4 Å². The molecule has 32 heavy (non-hydrogen) atoms. The van der Waals surface area contributed by atoms with Crippen molar-refractivity contribution in [1.29, 1.82) is 0 Å². The van der Waals surface area contributed by atoms with Gasteiger partial charge in [-0.1, -0.05) is 27.7 Å². The molecule has 2 unspecified atom stereocenters. The molecule has 0 radical (unpaired) electrons. The van der Waals surface area contributed by atoms with E-state index in [1.165, 1.54) is 6.92 Å². The standard InChI is InChI=1S/C24H42N2O6/c1-17(2)15-20(25-6)23(29)31-13-9-7-8-10-14-32-24(30)21(16-18(3)4)26-22(28)12-11-19(5)27/h11-12,17-18,20-21,25H,7-10,13-16H2,1-6H3,(H,26,28)/b12-11+. The van der Waals surface area contributed by atoms with E-state index in [9.17, 15) is 19.2 Å². The number of unbranched alkanes of at least 4 members (excludes halogenated alkanes) is 3. The summed E-state index contributed by atoms with van der Waals surface area (Å²) in [5.41, 5.74) is 0. The molecule has 0 bridgehead atoms. The van der Waals surface area contributed by atoms with Gasteiger partial charge in [0.05, 0.1) is 13.2 Å². The zero-order chi connectivity index (χ0) is 24.5. The third-order valence-corrected chi connectivity index (χ3v) is 4.64. The molecule has 0 aliphatic rings. The number of hydrogen-bond acceptors (Lipinski definition) is 7. The van der Waals surface area contributed by atoms with Gasteiger partial charge in [0.25, 0.3) is 0 Å². The number of esters is 2. The number of allylic oxidation sites excluding steroid dienone is 1. The second-order valence-electron chi connectivity index (χ2n) is 8.85. The zero-order valence-corrected chi connectivity index (χ0v) is 20.6. The van der Waals surface area contributed by atoms with Crippen molar-refractivity contribution in [2.45, 2.75) is 85.2 Å². The molecule has 0 saturated carbocycles. The van der Waals surface area contributed by atoms with Crippen LogP contribution >= 0.6 is 0 Å². The van der Waals surface area contributed by atoms with E-state index < -0.39 is 17.9 Å².